The molecule has 2 aromatic carbocycles. The van der Waals surface area contributed by atoms with E-state index in [4.69, 9.17) is 5.73 Å². The summed E-state index contributed by atoms with van der Waals surface area (Å²) < 4.78 is 52.0. The fourth-order valence-corrected chi connectivity index (χ4v) is 3.84. The molecule has 31 heavy (non-hydrogen) atoms. The summed E-state index contributed by atoms with van der Waals surface area (Å²) in [5.74, 6) is -0.921. The Bertz CT molecular complexity index is 1210. The lowest BCUT2D eigenvalue weighted by atomic mass is 10.0. The Morgan fingerprint density at radius 3 is 2.65 bits per heavy atom. The highest BCUT2D eigenvalue weighted by atomic mass is 32.1. The topological polar surface area (TPSA) is 76.7 Å². The van der Waals surface area contributed by atoms with E-state index in [0.29, 0.717) is 11.2 Å². The van der Waals surface area contributed by atoms with Crippen LogP contribution in [0.25, 0.3) is 21.3 Å². The van der Waals surface area contributed by atoms with Gasteiger partial charge in [-0.15, -0.1) is 10.2 Å². The number of halogens is 4. The van der Waals surface area contributed by atoms with Crippen molar-refractivity contribution in [2.24, 2.45) is 5.73 Å². The van der Waals surface area contributed by atoms with E-state index in [2.05, 4.69) is 20.5 Å². The maximum Gasteiger partial charge on any atom is 0.416 e. The van der Waals surface area contributed by atoms with Gasteiger partial charge in [0.05, 0.1) is 5.56 Å². The van der Waals surface area contributed by atoms with Crippen LogP contribution >= 0.6 is 11.3 Å². The zero-order valence-electron chi connectivity index (χ0n) is 16.0. The van der Waals surface area contributed by atoms with Crippen molar-refractivity contribution in [3.63, 3.8) is 0 Å². The molecule has 3 N–H and O–H groups in total. The van der Waals surface area contributed by atoms with E-state index in [1.54, 1.807) is 12.4 Å². The summed E-state index contributed by atoms with van der Waals surface area (Å²) >= 11 is 1.35. The number of nitrogens with zero attached hydrogens (tertiary/aromatic N) is 3. The fraction of sp³-hybridized carbons (Fsp3) is 0.190. The van der Waals surface area contributed by atoms with Crippen molar-refractivity contribution in [1.29, 1.82) is 0 Å². The lowest BCUT2D eigenvalue weighted by molar-refractivity contribution is -0.137. The number of nitrogens with two attached hydrogens (primary N) is 1. The molecule has 5 nitrogen and oxygen atoms in total. The highest BCUT2D eigenvalue weighted by Crippen LogP contribution is 2.31. The molecule has 2 aromatic heterocycles. The fourth-order valence-electron chi connectivity index (χ4n) is 3.09. The molecule has 10 heteroatoms. The van der Waals surface area contributed by atoms with E-state index < -0.39 is 23.6 Å². The summed E-state index contributed by atoms with van der Waals surface area (Å²) in [6, 6.07) is 9.76. The Morgan fingerprint density at radius 2 is 1.87 bits per heavy atom. The van der Waals surface area contributed by atoms with Gasteiger partial charge in [0, 0.05) is 35.9 Å². The molecule has 0 radical (unpaired) electrons. The number of hydrogen-bond donors (Lipinski definition) is 2. The molecule has 0 aliphatic rings. The second-order valence-corrected chi connectivity index (χ2v) is 7.98. The van der Waals surface area contributed by atoms with Crippen LogP contribution in [0.4, 0.5) is 22.7 Å². The van der Waals surface area contributed by atoms with Crippen LogP contribution in [0.5, 0.6) is 0 Å². The predicted molar refractivity (Wildman–Crippen MR) is 112 cm³/mol. The molecule has 0 amide bonds. The molecule has 0 fully saturated rings. The molecule has 160 valence electrons. The third-order valence-electron chi connectivity index (χ3n) is 4.69. The second-order valence-electron chi connectivity index (χ2n) is 7.00. The van der Waals surface area contributed by atoms with Crippen LogP contribution in [0.1, 0.15) is 11.1 Å². The Balaban J connectivity index is 1.38. The first-order chi connectivity index (χ1) is 14.8. The van der Waals surface area contributed by atoms with Gasteiger partial charge in [-0.25, -0.2) is 4.39 Å². The van der Waals surface area contributed by atoms with Gasteiger partial charge in [-0.2, -0.15) is 13.2 Å². The van der Waals surface area contributed by atoms with Gasteiger partial charge >= 0.3 is 6.18 Å². The minimum atomic E-state index is -4.58. The summed E-state index contributed by atoms with van der Waals surface area (Å²) in [5.41, 5.74) is 6.05. The highest BCUT2D eigenvalue weighted by molar-refractivity contribution is 7.18. The van der Waals surface area contributed by atoms with Gasteiger partial charge in [0.1, 0.15) is 10.8 Å². The molecule has 0 aliphatic heterocycles. The van der Waals surface area contributed by atoms with Crippen LogP contribution in [0, 0.1) is 5.82 Å². The average Bonchev–Trinajstić information content (AvgIpc) is 3.22. The smallest absolute Gasteiger partial charge is 0.359 e. The van der Waals surface area contributed by atoms with Gasteiger partial charge in [-0.1, -0.05) is 29.5 Å². The van der Waals surface area contributed by atoms with Crippen molar-refractivity contribution in [2.45, 2.75) is 18.6 Å². The van der Waals surface area contributed by atoms with Crippen LogP contribution in [0.15, 0.2) is 54.9 Å². The summed E-state index contributed by atoms with van der Waals surface area (Å²) in [4.78, 5) is 4.09. The summed E-state index contributed by atoms with van der Waals surface area (Å²) in [6.07, 6.45) is -0.991. The predicted octanol–water partition coefficient (Wildman–Crippen LogP) is 4.89. The lowest BCUT2D eigenvalue weighted by Crippen LogP contribution is -2.31. The van der Waals surface area contributed by atoms with Crippen molar-refractivity contribution in [3.05, 3.63) is 71.8 Å². The Hall–Kier alpha value is -3.11. The first kappa shape index (κ1) is 21.1. The van der Waals surface area contributed by atoms with Crippen molar-refractivity contribution >= 4 is 27.2 Å². The lowest BCUT2D eigenvalue weighted by Gasteiger charge is -2.14. The maximum atomic E-state index is 14.0. The number of alkyl halides is 3. The quantitative estimate of drug-likeness (QED) is 0.412. The first-order valence-electron chi connectivity index (χ1n) is 9.32. The monoisotopic (exact) mass is 447 g/mol. The summed E-state index contributed by atoms with van der Waals surface area (Å²) in [5, 5.41) is 14.7. The molecular formula is C21H17F4N5S. The third kappa shape index (κ3) is 4.97. The molecule has 0 saturated heterocycles. The molecule has 4 rings (SSSR count). The van der Waals surface area contributed by atoms with E-state index in [-0.39, 0.29) is 18.5 Å². The zero-order chi connectivity index (χ0) is 22.0. The molecular weight excluding hydrogens is 430 g/mol. The van der Waals surface area contributed by atoms with Crippen molar-refractivity contribution in [2.75, 3.05) is 11.9 Å². The van der Waals surface area contributed by atoms with Crippen molar-refractivity contribution in [1.82, 2.24) is 15.2 Å². The number of aromatic nitrogens is 3. The van der Waals surface area contributed by atoms with Crippen molar-refractivity contribution in [3.8, 4) is 10.6 Å². The van der Waals surface area contributed by atoms with Gasteiger partial charge in [0.25, 0.3) is 0 Å². The normalized spacial score (nSPS) is 12.8. The van der Waals surface area contributed by atoms with Crippen molar-refractivity contribution < 1.29 is 17.6 Å². The second kappa shape index (κ2) is 8.56. The van der Waals surface area contributed by atoms with Crippen LogP contribution in [0.3, 0.4) is 0 Å². The third-order valence-corrected chi connectivity index (χ3v) is 5.62. The van der Waals surface area contributed by atoms with E-state index in [9.17, 15) is 17.6 Å². The van der Waals surface area contributed by atoms with Crippen LogP contribution in [0.2, 0.25) is 0 Å². The Labute approximate surface area is 179 Å². The van der Waals surface area contributed by atoms with E-state index >= 15 is 0 Å². The number of anilines is 1. The Kier molecular flexibility index (Phi) is 5.84. The van der Waals surface area contributed by atoms with Gasteiger partial charge in [0.15, 0.2) is 0 Å². The molecule has 0 bridgehead atoms. The van der Waals surface area contributed by atoms with E-state index in [0.717, 1.165) is 33.5 Å². The van der Waals surface area contributed by atoms with E-state index in [1.165, 1.54) is 11.3 Å². The minimum Gasteiger partial charge on any atom is -0.359 e. The van der Waals surface area contributed by atoms with Gasteiger partial charge < -0.3 is 11.1 Å². The molecule has 1 unspecified atom stereocenters. The number of benzene rings is 2. The van der Waals surface area contributed by atoms with Crippen LogP contribution in [-0.4, -0.2) is 27.8 Å². The standard InChI is InChI=1S/C21H17F4N5S/c22-18-9-16(21(23,24)25)4-3-13(18)8-17(26)11-28-20-30-29-19(31-20)14-1-2-15-10-27-6-5-12(15)7-14/h1-7,9-10,17H,8,11,26H2,(H,28,30). The molecule has 0 aliphatic carbocycles. The van der Waals surface area contributed by atoms with E-state index in [1.807, 2.05) is 24.3 Å². The molecule has 4 aromatic rings. The van der Waals surface area contributed by atoms with Gasteiger partial charge in [-0.05, 0) is 41.6 Å². The van der Waals surface area contributed by atoms with Crippen LogP contribution in [-0.2, 0) is 12.6 Å². The van der Waals surface area contributed by atoms with Gasteiger partial charge in [-0.3, -0.25) is 4.98 Å². The molecule has 0 saturated carbocycles. The number of hydrogen-bond acceptors (Lipinski definition) is 6. The first-order valence-corrected chi connectivity index (χ1v) is 10.1. The van der Waals surface area contributed by atoms with Crippen LogP contribution < -0.4 is 11.1 Å². The highest BCUT2D eigenvalue weighted by Gasteiger charge is 2.31. The maximum absolute atomic E-state index is 14.0. The number of fused-ring (bicyclic) bond motifs is 1. The molecule has 2 heterocycles. The number of nitrogens with one attached hydrogen (secondary N) is 1. The minimum absolute atomic E-state index is 0.0847. The largest absolute Gasteiger partial charge is 0.416 e. The summed E-state index contributed by atoms with van der Waals surface area (Å²) in [6.45, 7) is 0.262. The number of pyridine rings is 1. The average molecular weight is 447 g/mol. The summed E-state index contributed by atoms with van der Waals surface area (Å²) in [7, 11) is 0. The Morgan fingerprint density at radius 1 is 1.03 bits per heavy atom. The van der Waals surface area contributed by atoms with Gasteiger partial charge in [0.2, 0.25) is 5.13 Å². The number of rotatable bonds is 6. The molecule has 0 spiro atoms. The SMILES string of the molecule is NC(CNc1nnc(-c2ccc3cnccc3c2)s1)Cc1ccc(C(F)(F)F)cc1F. The zero-order valence-corrected chi connectivity index (χ0v) is 16.8. The molecule has 1 atom stereocenters.